The third kappa shape index (κ3) is 5.05. The Labute approximate surface area is 112 Å². The molecule has 6 nitrogen and oxygen atoms in total. The summed E-state index contributed by atoms with van der Waals surface area (Å²) < 4.78 is 4.83. The lowest BCUT2D eigenvalue weighted by Crippen LogP contribution is -2.22. The molecule has 0 saturated carbocycles. The lowest BCUT2D eigenvalue weighted by atomic mass is 10.1. The molecule has 104 valence electrons. The third-order valence-electron chi connectivity index (χ3n) is 2.63. The first-order chi connectivity index (χ1) is 9.04. The average Bonchev–Trinajstić information content (AvgIpc) is 2.37. The number of nitro groups is 1. The largest absolute Gasteiger partial charge is 0.466 e. The Bertz CT molecular complexity index is 448. The molecular formula is C13H18N2O4. The van der Waals surface area contributed by atoms with E-state index in [0.717, 1.165) is 0 Å². The molecule has 0 N–H and O–H groups in total. The Balaban J connectivity index is 2.55. The van der Waals surface area contributed by atoms with Crippen molar-refractivity contribution in [2.24, 2.45) is 0 Å². The summed E-state index contributed by atoms with van der Waals surface area (Å²) in [6.45, 7) is 3.06. The molecule has 1 aromatic carbocycles. The van der Waals surface area contributed by atoms with Crippen LogP contribution in [0.3, 0.4) is 0 Å². The molecule has 0 aliphatic heterocycles. The van der Waals surface area contributed by atoms with Gasteiger partial charge in [-0.1, -0.05) is 18.2 Å². The molecule has 0 radical (unpaired) electrons. The van der Waals surface area contributed by atoms with Crippen molar-refractivity contribution in [3.8, 4) is 0 Å². The van der Waals surface area contributed by atoms with Crippen LogP contribution in [0.5, 0.6) is 0 Å². The van der Waals surface area contributed by atoms with Crippen molar-refractivity contribution >= 4 is 11.7 Å². The predicted octanol–water partition coefficient (Wildman–Crippen LogP) is 1.98. The minimum absolute atomic E-state index is 0.102. The van der Waals surface area contributed by atoms with Gasteiger partial charge in [0.05, 0.1) is 18.0 Å². The molecule has 0 spiro atoms. The standard InChI is InChI=1S/C13H18N2O4/c1-3-19-13(16)8-9-14(2)10-11-6-4-5-7-12(11)15(17)18/h4-7H,3,8-10H2,1-2H3. The molecule has 0 heterocycles. The van der Waals surface area contributed by atoms with Gasteiger partial charge >= 0.3 is 5.97 Å². The third-order valence-corrected chi connectivity index (χ3v) is 2.63. The summed E-state index contributed by atoms with van der Waals surface area (Å²) in [6.07, 6.45) is 0.283. The molecule has 0 bridgehead atoms. The predicted molar refractivity (Wildman–Crippen MR) is 70.7 cm³/mol. The second kappa shape index (κ2) is 7.48. The summed E-state index contributed by atoms with van der Waals surface area (Å²) in [7, 11) is 1.82. The number of hydrogen-bond acceptors (Lipinski definition) is 5. The number of nitro benzene ring substituents is 1. The first-order valence-electron chi connectivity index (χ1n) is 6.11. The highest BCUT2D eigenvalue weighted by atomic mass is 16.6. The molecule has 0 aliphatic carbocycles. The van der Waals surface area contributed by atoms with Gasteiger partial charge in [0.2, 0.25) is 0 Å². The van der Waals surface area contributed by atoms with E-state index in [1.165, 1.54) is 6.07 Å². The van der Waals surface area contributed by atoms with E-state index in [2.05, 4.69) is 0 Å². The normalized spacial score (nSPS) is 10.5. The maximum atomic E-state index is 11.2. The molecule has 0 aliphatic rings. The van der Waals surface area contributed by atoms with Gasteiger partial charge in [0.25, 0.3) is 5.69 Å². The minimum atomic E-state index is -0.394. The zero-order valence-corrected chi connectivity index (χ0v) is 11.2. The van der Waals surface area contributed by atoms with Gasteiger partial charge in [-0.3, -0.25) is 14.9 Å². The Morgan fingerprint density at radius 1 is 1.42 bits per heavy atom. The SMILES string of the molecule is CCOC(=O)CCN(C)Cc1ccccc1[N+](=O)[O-]. The van der Waals surface area contributed by atoms with Crippen molar-refractivity contribution in [1.82, 2.24) is 4.90 Å². The lowest BCUT2D eigenvalue weighted by molar-refractivity contribution is -0.385. The van der Waals surface area contributed by atoms with Gasteiger partial charge in [0.1, 0.15) is 0 Å². The van der Waals surface area contributed by atoms with Gasteiger partial charge in [-0.2, -0.15) is 0 Å². The lowest BCUT2D eigenvalue weighted by Gasteiger charge is -2.16. The molecule has 0 fully saturated rings. The van der Waals surface area contributed by atoms with Crippen LogP contribution in [0.15, 0.2) is 24.3 Å². The van der Waals surface area contributed by atoms with Crippen LogP contribution < -0.4 is 0 Å². The highest BCUT2D eigenvalue weighted by molar-refractivity contribution is 5.69. The number of para-hydroxylation sites is 1. The second-order valence-corrected chi connectivity index (χ2v) is 4.18. The van der Waals surface area contributed by atoms with E-state index in [1.807, 2.05) is 11.9 Å². The van der Waals surface area contributed by atoms with E-state index >= 15 is 0 Å². The summed E-state index contributed by atoms with van der Waals surface area (Å²) in [5.41, 5.74) is 0.740. The molecule has 0 amide bonds. The van der Waals surface area contributed by atoms with Gasteiger partial charge in [-0.05, 0) is 14.0 Å². The maximum absolute atomic E-state index is 11.2. The molecule has 0 atom stereocenters. The van der Waals surface area contributed by atoms with E-state index in [4.69, 9.17) is 4.74 Å². The Morgan fingerprint density at radius 2 is 2.11 bits per heavy atom. The van der Waals surface area contributed by atoms with Crippen molar-refractivity contribution in [3.05, 3.63) is 39.9 Å². The summed E-state index contributed by atoms with van der Waals surface area (Å²) in [5.74, 6) is -0.253. The number of rotatable bonds is 7. The number of benzene rings is 1. The molecule has 0 aromatic heterocycles. The second-order valence-electron chi connectivity index (χ2n) is 4.18. The van der Waals surface area contributed by atoms with Crippen molar-refractivity contribution in [2.75, 3.05) is 20.2 Å². The van der Waals surface area contributed by atoms with E-state index in [9.17, 15) is 14.9 Å². The minimum Gasteiger partial charge on any atom is -0.466 e. The van der Waals surface area contributed by atoms with E-state index in [1.54, 1.807) is 25.1 Å². The summed E-state index contributed by atoms with van der Waals surface area (Å²) >= 11 is 0. The first-order valence-corrected chi connectivity index (χ1v) is 6.11. The van der Waals surface area contributed by atoms with Gasteiger partial charge < -0.3 is 9.64 Å². The van der Waals surface area contributed by atoms with Crippen molar-refractivity contribution < 1.29 is 14.5 Å². The van der Waals surface area contributed by atoms with Crippen molar-refractivity contribution in [3.63, 3.8) is 0 Å². The zero-order chi connectivity index (χ0) is 14.3. The van der Waals surface area contributed by atoms with Gasteiger partial charge in [0.15, 0.2) is 0 Å². The molecular weight excluding hydrogens is 248 g/mol. The van der Waals surface area contributed by atoms with E-state index in [-0.39, 0.29) is 18.1 Å². The molecule has 1 aromatic rings. The van der Waals surface area contributed by atoms with E-state index < -0.39 is 4.92 Å². The topological polar surface area (TPSA) is 72.7 Å². The Hall–Kier alpha value is -1.95. The van der Waals surface area contributed by atoms with Crippen LogP contribution in [0.1, 0.15) is 18.9 Å². The summed E-state index contributed by atoms with van der Waals surface area (Å²) in [4.78, 5) is 23.6. The maximum Gasteiger partial charge on any atom is 0.307 e. The highest BCUT2D eigenvalue weighted by Crippen LogP contribution is 2.18. The quantitative estimate of drug-likeness (QED) is 0.428. The fraction of sp³-hybridized carbons (Fsp3) is 0.462. The molecule has 1 rings (SSSR count). The zero-order valence-electron chi connectivity index (χ0n) is 11.2. The number of carbonyl (C=O) groups is 1. The summed E-state index contributed by atoms with van der Waals surface area (Å²) in [6, 6.07) is 6.61. The van der Waals surface area contributed by atoms with Crippen molar-refractivity contribution in [1.29, 1.82) is 0 Å². The van der Waals surface area contributed by atoms with Crippen molar-refractivity contribution in [2.45, 2.75) is 19.9 Å². The molecule has 0 saturated heterocycles. The number of ether oxygens (including phenoxy) is 1. The van der Waals surface area contributed by atoms with Crippen LogP contribution in [-0.4, -0.2) is 36.0 Å². The van der Waals surface area contributed by atoms with Gasteiger partial charge in [-0.15, -0.1) is 0 Å². The van der Waals surface area contributed by atoms with Crippen LogP contribution in [-0.2, 0) is 16.1 Å². The number of hydrogen-bond donors (Lipinski definition) is 0. The molecule has 0 unspecified atom stereocenters. The van der Waals surface area contributed by atoms with Crippen LogP contribution >= 0.6 is 0 Å². The highest BCUT2D eigenvalue weighted by Gasteiger charge is 2.14. The number of esters is 1. The first kappa shape index (κ1) is 15.1. The average molecular weight is 266 g/mol. The fourth-order valence-electron chi connectivity index (χ4n) is 1.71. The summed E-state index contributed by atoms with van der Waals surface area (Å²) in [5, 5.41) is 10.9. The van der Waals surface area contributed by atoms with Gasteiger partial charge in [-0.25, -0.2) is 0 Å². The van der Waals surface area contributed by atoms with E-state index in [0.29, 0.717) is 25.3 Å². The Kier molecular flexibility index (Phi) is 5.95. The smallest absolute Gasteiger partial charge is 0.307 e. The number of carbonyl (C=O) groups excluding carboxylic acids is 1. The van der Waals surface area contributed by atoms with Crippen LogP contribution in [0.2, 0.25) is 0 Å². The number of nitrogens with zero attached hydrogens (tertiary/aromatic N) is 2. The van der Waals surface area contributed by atoms with Gasteiger partial charge in [0, 0.05) is 24.7 Å². The fourth-order valence-corrected chi connectivity index (χ4v) is 1.71. The monoisotopic (exact) mass is 266 g/mol. The molecule has 6 heteroatoms. The Morgan fingerprint density at radius 3 is 2.74 bits per heavy atom. The van der Waals surface area contributed by atoms with Crippen LogP contribution in [0.4, 0.5) is 5.69 Å². The van der Waals surface area contributed by atoms with Crippen LogP contribution in [0, 0.1) is 10.1 Å². The van der Waals surface area contributed by atoms with Crippen LogP contribution in [0.25, 0.3) is 0 Å². The molecule has 19 heavy (non-hydrogen) atoms.